The number of benzene rings is 1. The topological polar surface area (TPSA) is 78.4 Å². The van der Waals surface area contributed by atoms with Gasteiger partial charge in [0, 0.05) is 13.0 Å². The van der Waals surface area contributed by atoms with Gasteiger partial charge in [0.2, 0.25) is 11.8 Å². The first-order valence-corrected chi connectivity index (χ1v) is 7.94. The molecule has 1 aliphatic heterocycles. The molecule has 2 atom stereocenters. The fourth-order valence-corrected chi connectivity index (χ4v) is 3.42. The molecule has 0 aromatic heterocycles. The van der Waals surface area contributed by atoms with Crippen LogP contribution in [-0.2, 0) is 21.6 Å². The summed E-state index contributed by atoms with van der Waals surface area (Å²) in [6.07, 6.45) is 3.52. The normalized spacial score (nSPS) is 27.7. The van der Waals surface area contributed by atoms with E-state index in [0.29, 0.717) is 25.8 Å². The van der Waals surface area contributed by atoms with Gasteiger partial charge >= 0.3 is 0 Å². The fourth-order valence-electron chi connectivity index (χ4n) is 3.42. The smallest absolute Gasteiger partial charge is 0.225 e. The predicted octanol–water partition coefficient (Wildman–Crippen LogP) is 0.853. The van der Waals surface area contributed by atoms with Gasteiger partial charge in [-0.25, -0.2) is 0 Å². The van der Waals surface area contributed by atoms with Crippen LogP contribution in [0.2, 0.25) is 0 Å². The molecule has 2 aliphatic rings. The molecular weight excluding hydrogens is 280 g/mol. The molecule has 5 heteroatoms. The highest BCUT2D eigenvalue weighted by Crippen LogP contribution is 2.34. The number of fused-ring (bicyclic) bond motifs is 1. The minimum atomic E-state index is -0.984. The Kier molecular flexibility index (Phi) is 4.16. The zero-order valence-corrected chi connectivity index (χ0v) is 12.6. The van der Waals surface area contributed by atoms with E-state index in [9.17, 15) is 14.7 Å². The molecule has 2 amide bonds. The van der Waals surface area contributed by atoms with E-state index < -0.39 is 5.60 Å². The number of nitrogens with one attached hydrogen (secondary N) is 2. The molecule has 1 aliphatic carbocycles. The molecule has 118 valence electrons. The maximum atomic E-state index is 12.2. The number of rotatable bonds is 3. The van der Waals surface area contributed by atoms with Crippen LogP contribution in [0.4, 0.5) is 0 Å². The molecule has 0 radical (unpaired) electrons. The zero-order chi connectivity index (χ0) is 15.6. The fraction of sp³-hybridized carbons (Fsp3) is 0.529. The van der Waals surface area contributed by atoms with Gasteiger partial charge < -0.3 is 15.7 Å². The van der Waals surface area contributed by atoms with E-state index in [4.69, 9.17) is 0 Å². The van der Waals surface area contributed by atoms with Crippen molar-refractivity contribution in [2.75, 3.05) is 13.1 Å². The van der Waals surface area contributed by atoms with Gasteiger partial charge in [-0.3, -0.25) is 9.59 Å². The maximum absolute atomic E-state index is 12.2. The first kappa shape index (κ1) is 15.0. The SMILES string of the molecule is O=C1CCC(C(=O)NCC2(O)CCCc3ccccc32)CN1. The van der Waals surface area contributed by atoms with Crippen LogP contribution in [0.15, 0.2) is 24.3 Å². The Balaban J connectivity index is 1.64. The minimum absolute atomic E-state index is 0.00360. The van der Waals surface area contributed by atoms with Crippen molar-refractivity contribution in [3.8, 4) is 0 Å². The van der Waals surface area contributed by atoms with Crippen LogP contribution < -0.4 is 10.6 Å². The second-order valence-corrected chi connectivity index (χ2v) is 6.30. The van der Waals surface area contributed by atoms with E-state index in [1.165, 1.54) is 0 Å². The van der Waals surface area contributed by atoms with Crippen LogP contribution in [-0.4, -0.2) is 30.0 Å². The number of amides is 2. The van der Waals surface area contributed by atoms with Crippen LogP contribution in [0.5, 0.6) is 0 Å². The maximum Gasteiger partial charge on any atom is 0.225 e. The molecule has 1 saturated heterocycles. The first-order valence-electron chi connectivity index (χ1n) is 7.94. The summed E-state index contributed by atoms with van der Waals surface area (Å²) in [6, 6.07) is 7.89. The van der Waals surface area contributed by atoms with E-state index in [1.54, 1.807) is 0 Å². The van der Waals surface area contributed by atoms with Crippen LogP contribution in [0.3, 0.4) is 0 Å². The molecule has 3 N–H and O–H groups in total. The lowest BCUT2D eigenvalue weighted by molar-refractivity contribution is -0.130. The second kappa shape index (κ2) is 6.08. The molecular formula is C17H22N2O3. The van der Waals surface area contributed by atoms with Gasteiger partial charge in [-0.1, -0.05) is 24.3 Å². The predicted molar refractivity (Wildman–Crippen MR) is 82.0 cm³/mol. The van der Waals surface area contributed by atoms with Crippen LogP contribution in [0.25, 0.3) is 0 Å². The summed E-state index contributed by atoms with van der Waals surface area (Å²) in [5, 5.41) is 16.5. The Labute approximate surface area is 130 Å². The lowest BCUT2D eigenvalue weighted by atomic mass is 9.79. The Morgan fingerprint density at radius 3 is 2.95 bits per heavy atom. The zero-order valence-electron chi connectivity index (χ0n) is 12.6. The Hall–Kier alpha value is -1.88. The average molecular weight is 302 g/mol. The van der Waals surface area contributed by atoms with Crippen LogP contribution in [0.1, 0.15) is 36.8 Å². The quantitative estimate of drug-likeness (QED) is 0.774. The third-order valence-corrected chi connectivity index (χ3v) is 4.75. The Morgan fingerprint density at radius 2 is 2.18 bits per heavy atom. The third kappa shape index (κ3) is 2.99. The highest BCUT2D eigenvalue weighted by Gasteiger charge is 2.35. The molecule has 0 spiro atoms. The Morgan fingerprint density at radius 1 is 1.36 bits per heavy atom. The van der Waals surface area contributed by atoms with Crippen molar-refractivity contribution in [1.29, 1.82) is 0 Å². The van der Waals surface area contributed by atoms with Gasteiger partial charge in [0.05, 0.1) is 12.5 Å². The van der Waals surface area contributed by atoms with Crippen molar-refractivity contribution in [3.63, 3.8) is 0 Å². The first-order chi connectivity index (χ1) is 10.6. The molecule has 1 aromatic rings. The second-order valence-electron chi connectivity index (χ2n) is 6.30. The highest BCUT2D eigenvalue weighted by atomic mass is 16.3. The van der Waals surface area contributed by atoms with E-state index in [1.807, 2.05) is 24.3 Å². The lowest BCUT2D eigenvalue weighted by Gasteiger charge is -2.35. The highest BCUT2D eigenvalue weighted by molar-refractivity contribution is 5.83. The van der Waals surface area contributed by atoms with Crippen molar-refractivity contribution < 1.29 is 14.7 Å². The van der Waals surface area contributed by atoms with Crippen molar-refractivity contribution in [1.82, 2.24) is 10.6 Å². The average Bonchev–Trinajstić information content (AvgIpc) is 2.54. The van der Waals surface area contributed by atoms with Crippen LogP contribution >= 0.6 is 0 Å². The molecule has 0 saturated carbocycles. The van der Waals surface area contributed by atoms with Gasteiger partial charge in [-0.2, -0.15) is 0 Å². The third-order valence-electron chi connectivity index (χ3n) is 4.75. The monoisotopic (exact) mass is 302 g/mol. The van der Waals surface area contributed by atoms with E-state index in [0.717, 1.165) is 24.0 Å². The number of carbonyl (C=O) groups excluding carboxylic acids is 2. The van der Waals surface area contributed by atoms with Crippen molar-refractivity contribution in [2.24, 2.45) is 5.92 Å². The number of hydrogen-bond acceptors (Lipinski definition) is 3. The van der Waals surface area contributed by atoms with E-state index >= 15 is 0 Å². The number of aliphatic hydroxyl groups is 1. The molecule has 3 rings (SSSR count). The van der Waals surface area contributed by atoms with Crippen molar-refractivity contribution in [3.05, 3.63) is 35.4 Å². The summed E-state index contributed by atoms with van der Waals surface area (Å²) in [5.41, 5.74) is 1.11. The van der Waals surface area contributed by atoms with Gasteiger partial charge in [-0.15, -0.1) is 0 Å². The molecule has 1 aromatic carbocycles. The van der Waals surface area contributed by atoms with Gasteiger partial charge in [-0.05, 0) is 36.8 Å². The van der Waals surface area contributed by atoms with Gasteiger partial charge in [0.1, 0.15) is 5.60 Å². The molecule has 1 fully saturated rings. The molecule has 0 bridgehead atoms. The summed E-state index contributed by atoms with van der Waals surface area (Å²) in [6.45, 7) is 0.618. The molecule has 2 unspecified atom stereocenters. The van der Waals surface area contributed by atoms with E-state index in [2.05, 4.69) is 10.6 Å². The summed E-state index contributed by atoms with van der Waals surface area (Å²) in [4.78, 5) is 23.4. The van der Waals surface area contributed by atoms with Crippen molar-refractivity contribution >= 4 is 11.8 Å². The minimum Gasteiger partial charge on any atom is -0.383 e. The summed E-state index contributed by atoms with van der Waals surface area (Å²) in [7, 11) is 0. The largest absolute Gasteiger partial charge is 0.383 e. The van der Waals surface area contributed by atoms with E-state index in [-0.39, 0.29) is 24.3 Å². The number of piperidine rings is 1. The molecule has 5 nitrogen and oxygen atoms in total. The summed E-state index contributed by atoms with van der Waals surface area (Å²) in [5.74, 6) is -0.277. The molecule has 22 heavy (non-hydrogen) atoms. The number of aryl methyl sites for hydroxylation is 1. The van der Waals surface area contributed by atoms with Crippen molar-refractivity contribution in [2.45, 2.75) is 37.7 Å². The van der Waals surface area contributed by atoms with Gasteiger partial charge in [0.15, 0.2) is 0 Å². The number of carbonyl (C=O) groups is 2. The lowest BCUT2D eigenvalue weighted by Crippen LogP contribution is -2.48. The Bertz CT molecular complexity index is 577. The number of hydrogen-bond donors (Lipinski definition) is 3. The molecule has 1 heterocycles. The summed E-state index contributed by atoms with van der Waals surface area (Å²) < 4.78 is 0. The standard InChI is InChI=1S/C17H22N2O3/c20-15-8-7-13(10-18-15)16(21)19-11-17(22)9-3-5-12-4-1-2-6-14(12)17/h1-2,4,6,13,22H,3,5,7-11H2,(H,18,20)(H,19,21). The summed E-state index contributed by atoms with van der Waals surface area (Å²) >= 11 is 0. The van der Waals surface area contributed by atoms with Crippen LogP contribution in [0, 0.1) is 5.92 Å². The van der Waals surface area contributed by atoms with Gasteiger partial charge in [0.25, 0.3) is 0 Å².